The Morgan fingerprint density at radius 2 is 1.73 bits per heavy atom. The summed E-state index contributed by atoms with van der Waals surface area (Å²) in [7, 11) is 3.14. The van der Waals surface area contributed by atoms with Gasteiger partial charge in [-0.2, -0.15) is 11.8 Å². The first kappa shape index (κ1) is 28.7. The second-order valence-electron chi connectivity index (χ2n) is 8.69. The van der Waals surface area contributed by atoms with Crippen molar-refractivity contribution in [2.75, 3.05) is 32.1 Å². The Bertz CT molecular complexity index is 552. The third kappa shape index (κ3) is 11.2. The zero-order valence-corrected chi connectivity index (χ0v) is 20.6. The summed E-state index contributed by atoms with van der Waals surface area (Å²) in [5.74, 6) is 0.158. The van der Waals surface area contributed by atoms with Gasteiger partial charge in [-0.05, 0) is 39.0 Å². The smallest absolute Gasteiger partial charge is 0.246 e. The molecule has 0 aromatic heterocycles. The highest BCUT2D eigenvalue weighted by Gasteiger charge is 2.36. The predicted molar refractivity (Wildman–Crippen MR) is 123 cm³/mol. The number of carbonyl (C=O) groups is 3. The standard InChI is InChI=1S/C21H42N4O4S/c1-8-10-18(26)24(6)17(14-30-12-9-11-23-15(2)3)20(28)25(7)16(19(22)27)13-21(4,5)29/h15-17,23,29H,8-14H2,1-7H3,(H2,22,27)/t16-,17+/m0/s1. The fourth-order valence-electron chi connectivity index (χ4n) is 2.96. The van der Waals surface area contributed by atoms with Gasteiger partial charge in [0.2, 0.25) is 17.7 Å². The number of aliphatic hydroxyl groups is 1. The number of nitrogens with one attached hydrogen (secondary N) is 1. The van der Waals surface area contributed by atoms with Gasteiger partial charge >= 0.3 is 0 Å². The molecule has 3 amide bonds. The van der Waals surface area contributed by atoms with Crippen LogP contribution in [0, 0.1) is 0 Å². The fourth-order valence-corrected chi connectivity index (χ4v) is 4.07. The number of hydrogen-bond donors (Lipinski definition) is 3. The summed E-state index contributed by atoms with van der Waals surface area (Å²) >= 11 is 1.61. The van der Waals surface area contributed by atoms with Gasteiger partial charge in [0.25, 0.3) is 0 Å². The van der Waals surface area contributed by atoms with E-state index in [0.29, 0.717) is 24.6 Å². The molecule has 176 valence electrons. The summed E-state index contributed by atoms with van der Waals surface area (Å²) in [6, 6.07) is -1.21. The van der Waals surface area contributed by atoms with Crippen LogP contribution < -0.4 is 11.1 Å². The molecule has 0 saturated heterocycles. The summed E-state index contributed by atoms with van der Waals surface area (Å²) in [5.41, 5.74) is 4.35. The van der Waals surface area contributed by atoms with E-state index in [1.54, 1.807) is 32.7 Å². The van der Waals surface area contributed by atoms with E-state index in [0.717, 1.165) is 18.7 Å². The normalized spacial score (nSPS) is 13.8. The van der Waals surface area contributed by atoms with E-state index < -0.39 is 23.6 Å². The molecule has 8 nitrogen and oxygen atoms in total. The molecule has 0 heterocycles. The van der Waals surface area contributed by atoms with Gasteiger partial charge in [-0.25, -0.2) is 0 Å². The molecule has 0 fully saturated rings. The molecule has 0 bridgehead atoms. The number of rotatable bonds is 15. The number of primary amides is 1. The molecule has 4 N–H and O–H groups in total. The van der Waals surface area contributed by atoms with Crippen LogP contribution in [0.15, 0.2) is 0 Å². The molecule has 30 heavy (non-hydrogen) atoms. The Balaban J connectivity index is 5.27. The average molecular weight is 447 g/mol. The van der Waals surface area contributed by atoms with E-state index in [4.69, 9.17) is 5.73 Å². The minimum Gasteiger partial charge on any atom is -0.390 e. The maximum atomic E-state index is 13.3. The SMILES string of the molecule is CCCC(=O)N(C)[C@H](CSCCCNC(C)C)C(=O)N(C)[C@@H](CC(C)(C)O)C(N)=O. The summed E-state index contributed by atoms with van der Waals surface area (Å²) in [4.78, 5) is 40.4. The van der Waals surface area contributed by atoms with Crippen molar-refractivity contribution in [3.63, 3.8) is 0 Å². The first-order valence-corrected chi connectivity index (χ1v) is 11.8. The molecule has 0 aliphatic heterocycles. The van der Waals surface area contributed by atoms with Crippen molar-refractivity contribution in [3.8, 4) is 0 Å². The number of likely N-dealkylation sites (N-methyl/N-ethyl adjacent to an activating group) is 2. The van der Waals surface area contributed by atoms with Crippen LogP contribution in [0.1, 0.15) is 60.3 Å². The summed E-state index contributed by atoms with van der Waals surface area (Å²) < 4.78 is 0. The molecule has 0 saturated carbocycles. The minimum absolute atomic E-state index is 0.0257. The van der Waals surface area contributed by atoms with Crippen LogP contribution in [0.5, 0.6) is 0 Å². The number of nitrogens with zero attached hydrogens (tertiary/aromatic N) is 2. The molecule has 0 aromatic rings. The van der Waals surface area contributed by atoms with Crippen LogP contribution in [0.3, 0.4) is 0 Å². The van der Waals surface area contributed by atoms with Crippen LogP contribution in [0.2, 0.25) is 0 Å². The molecule has 0 unspecified atom stereocenters. The zero-order valence-electron chi connectivity index (χ0n) is 19.7. The number of nitrogens with two attached hydrogens (primary N) is 1. The lowest BCUT2D eigenvalue weighted by molar-refractivity contribution is -0.147. The fraction of sp³-hybridized carbons (Fsp3) is 0.857. The molecule has 0 aromatic carbocycles. The highest BCUT2D eigenvalue weighted by atomic mass is 32.2. The van der Waals surface area contributed by atoms with E-state index in [1.165, 1.54) is 16.8 Å². The largest absolute Gasteiger partial charge is 0.390 e. The maximum absolute atomic E-state index is 13.3. The highest BCUT2D eigenvalue weighted by molar-refractivity contribution is 7.99. The van der Waals surface area contributed by atoms with E-state index in [9.17, 15) is 19.5 Å². The molecule has 2 atom stereocenters. The first-order valence-electron chi connectivity index (χ1n) is 10.7. The number of hydrogen-bond acceptors (Lipinski definition) is 6. The van der Waals surface area contributed by atoms with Gasteiger partial charge in [0.1, 0.15) is 12.1 Å². The molecule has 0 radical (unpaired) electrons. The lowest BCUT2D eigenvalue weighted by atomic mass is 9.97. The molecule has 0 aliphatic carbocycles. The molecule has 0 aliphatic rings. The Kier molecular flexibility index (Phi) is 13.3. The average Bonchev–Trinajstić information content (AvgIpc) is 2.63. The van der Waals surface area contributed by atoms with Gasteiger partial charge in [0.05, 0.1) is 5.60 Å². The van der Waals surface area contributed by atoms with Gasteiger partial charge in [0, 0.05) is 38.7 Å². The minimum atomic E-state index is -1.16. The van der Waals surface area contributed by atoms with Crippen LogP contribution in [0.25, 0.3) is 0 Å². The topological polar surface area (TPSA) is 116 Å². The van der Waals surface area contributed by atoms with Crippen molar-refractivity contribution >= 4 is 29.5 Å². The Labute approximate surface area is 186 Å². The Hall–Kier alpha value is -1.32. The second kappa shape index (κ2) is 13.9. The molecule has 0 rings (SSSR count). The van der Waals surface area contributed by atoms with Gasteiger partial charge in [-0.3, -0.25) is 14.4 Å². The quantitative estimate of drug-likeness (QED) is 0.326. The van der Waals surface area contributed by atoms with E-state index in [2.05, 4.69) is 19.2 Å². The summed E-state index contributed by atoms with van der Waals surface area (Å²) in [5, 5.41) is 13.5. The Morgan fingerprint density at radius 3 is 2.20 bits per heavy atom. The van der Waals surface area contributed by atoms with E-state index >= 15 is 0 Å². The second-order valence-corrected chi connectivity index (χ2v) is 9.84. The Morgan fingerprint density at radius 1 is 1.13 bits per heavy atom. The molecular weight excluding hydrogens is 404 g/mol. The monoisotopic (exact) mass is 446 g/mol. The lowest BCUT2D eigenvalue weighted by Crippen LogP contribution is -2.56. The van der Waals surface area contributed by atoms with Crippen molar-refractivity contribution in [2.24, 2.45) is 5.73 Å². The predicted octanol–water partition coefficient (Wildman–Crippen LogP) is 1.21. The number of thioether (sulfide) groups is 1. The van der Waals surface area contributed by atoms with Crippen molar-refractivity contribution < 1.29 is 19.5 Å². The van der Waals surface area contributed by atoms with Gasteiger partial charge in [-0.15, -0.1) is 0 Å². The maximum Gasteiger partial charge on any atom is 0.246 e. The third-order valence-electron chi connectivity index (χ3n) is 4.74. The zero-order chi connectivity index (χ0) is 23.5. The van der Waals surface area contributed by atoms with Crippen molar-refractivity contribution in [1.82, 2.24) is 15.1 Å². The lowest BCUT2D eigenvalue weighted by Gasteiger charge is -2.35. The van der Waals surface area contributed by atoms with E-state index in [1.807, 2.05) is 6.92 Å². The third-order valence-corrected chi connectivity index (χ3v) is 5.87. The van der Waals surface area contributed by atoms with Crippen LogP contribution in [0.4, 0.5) is 0 Å². The van der Waals surface area contributed by atoms with Crippen LogP contribution in [-0.4, -0.2) is 88.5 Å². The highest BCUT2D eigenvalue weighted by Crippen LogP contribution is 2.19. The first-order chi connectivity index (χ1) is 13.8. The van der Waals surface area contributed by atoms with Crippen molar-refractivity contribution in [3.05, 3.63) is 0 Å². The molecule has 0 spiro atoms. The molecular formula is C21H42N4O4S. The van der Waals surface area contributed by atoms with Crippen molar-refractivity contribution in [2.45, 2.75) is 84.0 Å². The van der Waals surface area contributed by atoms with Gasteiger partial charge in [0.15, 0.2) is 0 Å². The van der Waals surface area contributed by atoms with Gasteiger partial charge < -0.3 is 26.0 Å². The van der Waals surface area contributed by atoms with E-state index in [-0.39, 0.29) is 18.2 Å². The summed E-state index contributed by atoms with van der Waals surface area (Å²) in [6.45, 7) is 10.1. The van der Waals surface area contributed by atoms with Crippen LogP contribution >= 0.6 is 11.8 Å². The van der Waals surface area contributed by atoms with Gasteiger partial charge in [-0.1, -0.05) is 20.8 Å². The van der Waals surface area contributed by atoms with Crippen molar-refractivity contribution in [1.29, 1.82) is 0 Å². The summed E-state index contributed by atoms with van der Waals surface area (Å²) in [6.07, 6.45) is 2.03. The number of carbonyl (C=O) groups excluding carboxylic acids is 3. The molecule has 9 heteroatoms. The van der Waals surface area contributed by atoms with Crippen LogP contribution in [-0.2, 0) is 14.4 Å². The number of amides is 3.